The number of hydrogen-bond donors (Lipinski definition) is 1. The maximum Gasteiger partial charge on any atom is 0.325 e. The molecule has 1 heterocycles. The highest BCUT2D eigenvalue weighted by atomic mass is 35.5. The van der Waals surface area contributed by atoms with Gasteiger partial charge in [0.25, 0.3) is 5.91 Å². The topological polar surface area (TPSA) is 69.7 Å². The van der Waals surface area contributed by atoms with Gasteiger partial charge in [-0.3, -0.25) is 14.5 Å². The molecule has 1 atom stereocenters. The van der Waals surface area contributed by atoms with Crippen LogP contribution in [-0.2, 0) is 16.1 Å². The maximum absolute atomic E-state index is 13.8. The lowest BCUT2D eigenvalue weighted by atomic mass is 9.96. The van der Waals surface area contributed by atoms with Crippen LogP contribution in [0.15, 0.2) is 18.2 Å². The minimum absolute atomic E-state index is 0.0477. The zero-order valence-electron chi connectivity index (χ0n) is 14.0. The molecule has 1 saturated heterocycles. The first-order valence-corrected chi connectivity index (χ1v) is 8.43. The molecule has 0 unspecified atom stereocenters. The highest BCUT2D eigenvalue weighted by Crippen LogP contribution is 2.42. The summed E-state index contributed by atoms with van der Waals surface area (Å²) in [6.07, 6.45) is 1.77. The van der Waals surface area contributed by atoms with Gasteiger partial charge in [-0.25, -0.2) is 9.18 Å². The second-order valence-electron chi connectivity index (χ2n) is 6.75. The number of imide groups is 1. The molecule has 0 radical (unpaired) electrons. The number of halogens is 2. The lowest BCUT2D eigenvalue weighted by Gasteiger charge is -2.23. The molecule has 6 nitrogen and oxygen atoms in total. The molecule has 2 aliphatic rings. The van der Waals surface area contributed by atoms with Crippen LogP contribution in [0, 0.1) is 11.7 Å². The summed E-state index contributed by atoms with van der Waals surface area (Å²) in [7, 11) is 1.48. The van der Waals surface area contributed by atoms with Crippen molar-refractivity contribution in [2.24, 2.45) is 5.92 Å². The van der Waals surface area contributed by atoms with E-state index in [0.29, 0.717) is 0 Å². The molecule has 3 rings (SSSR count). The van der Waals surface area contributed by atoms with Crippen molar-refractivity contribution in [1.29, 1.82) is 0 Å². The molecule has 0 bridgehead atoms. The van der Waals surface area contributed by atoms with Crippen molar-refractivity contribution in [2.75, 3.05) is 13.6 Å². The number of rotatable bonds is 5. The Hall–Kier alpha value is -2.15. The lowest BCUT2D eigenvalue weighted by molar-refractivity contribution is -0.138. The van der Waals surface area contributed by atoms with Crippen LogP contribution in [0.4, 0.5) is 9.18 Å². The SMILES string of the molecule is CN(Cc1c(F)cccc1Cl)C(=O)CN1C(=O)N[C@@](C)(C2CC2)C1=O. The molecule has 1 aliphatic heterocycles. The van der Waals surface area contributed by atoms with Crippen LogP contribution in [0.1, 0.15) is 25.3 Å². The highest BCUT2D eigenvalue weighted by Gasteiger charge is 2.56. The Morgan fingerprint density at radius 3 is 2.72 bits per heavy atom. The molecule has 134 valence electrons. The second-order valence-corrected chi connectivity index (χ2v) is 7.16. The van der Waals surface area contributed by atoms with Crippen molar-refractivity contribution in [2.45, 2.75) is 31.8 Å². The van der Waals surface area contributed by atoms with Gasteiger partial charge < -0.3 is 10.2 Å². The molecule has 1 aromatic rings. The summed E-state index contributed by atoms with van der Waals surface area (Å²) in [5.74, 6) is -1.24. The van der Waals surface area contributed by atoms with Gasteiger partial charge in [-0.1, -0.05) is 17.7 Å². The molecule has 1 saturated carbocycles. The first-order valence-electron chi connectivity index (χ1n) is 8.05. The minimum Gasteiger partial charge on any atom is -0.340 e. The first-order chi connectivity index (χ1) is 11.7. The average molecular weight is 368 g/mol. The van der Waals surface area contributed by atoms with Crippen LogP contribution >= 0.6 is 11.6 Å². The quantitative estimate of drug-likeness (QED) is 0.811. The number of carbonyl (C=O) groups excluding carboxylic acids is 3. The van der Waals surface area contributed by atoms with E-state index in [1.165, 1.54) is 30.1 Å². The van der Waals surface area contributed by atoms with Crippen LogP contribution in [0.5, 0.6) is 0 Å². The summed E-state index contributed by atoms with van der Waals surface area (Å²) >= 11 is 5.97. The Bertz CT molecular complexity index is 732. The predicted octanol–water partition coefficient (Wildman–Crippen LogP) is 2.16. The van der Waals surface area contributed by atoms with E-state index in [9.17, 15) is 18.8 Å². The van der Waals surface area contributed by atoms with E-state index < -0.39 is 23.3 Å². The van der Waals surface area contributed by atoms with Crippen molar-refractivity contribution < 1.29 is 18.8 Å². The number of likely N-dealkylation sites (N-methyl/N-ethyl adjacent to an activating group) is 1. The van der Waals surface area contributed by atoms with Crippen molar-refractivity contribution in [3.05, 3.63) is 34.6 Å². The Morgan fingerprint density at radius 2 is 2.12 bits per heavy atom. The van der Waals surface area contributed by atoms with E-state index in [1.54, 1.807) is 6.92 Å². The van der Waals surface area contributed by atoms with Crippen molar-refractivity contribution in [3.8, 4) is 0 Å². The van der Waals surface area contributed by atoms with Crippen molar-refractivity contribution >= 4 is 29.4 Å². The van der Waals surface area contributed by atoms with Crippen molar-refractivity contribution in [1.82, 2.24) is 15.1 Å². The van der Waals surface area contributed by atoms with E-state index in [2.05, 4.69) is 5.32 Å². The monoisotopic (exact) mass is 367 g/mol. The molecule has 0 spiro atoms. The minimum atomic E-state index is -0.926. The fourth-order valence-corrected chi connectivity index (χ4v) is 3.28. The Balaban J connectivity index is 1.67. The maximum atomic E-state index is 13.8. The van der Waals surface area contributed by atoms with E-state index in [0.717, 1.165) is 17.7 Å². The fraction of sp³-hybridized carbons (Fsp3) is 0.471. The number of nitrogens with one attached hydrogen (secondary N) is 1. The number of nitrogens with zero attached hydrogens (tertiary/aromatic N) is 2. The van der Waals surface area contributed by atoms with Gasteiger partial charge in [-0.15, -0.1) is 0 Å². The summed E-state index contributed by atoms with van der Waals surface area (Å²) in [5.41, 5.74) is -0.731. The Kier molecular flexibility index (Phi) is 4.45. The molecule has 4 amide bonds. The third kappa shape index (κ3) is 3.20. The summed E-state index contributed by atoms with van der Waals surface area (Å²) in [6.45, 7) is 1.27. The van der Waals surface area contributed by atoms with Gasteiger partial charge in [0.05, 0.1) is 0 Å². The molecule has 8 heteroatoms. The van der Waals surface area contributed by atoms with Gasteiger partial charge in [0, 0.05) is 24.2 Å². The summed E-state index contributed by atoms with van der Waals surface area (Å²) in [6, 6.07) is 3.72. The number of amides is 4. The number of urea groups is 1. The van der Waals surface area contributed by atoms with Gasteiger partial charge >= 0.3 is 6.03 Å². The lowest BCUT2D eigenvalue weighted by Crippen LogP contribution is -2.47. The number of benzene rings is 1. The van der Waals surface area contributed by atoms with Crippen LogP contribution < -0.4 is 5.32 Å². The summed E-state index contributed by atoms with van der Waals surface area (Å²) in [5, 5.41) is 2.91. The largest absolute Gasteiger partial charge is 0.340 e. The number of hydrogen-bond acceptors (Lipinski definition) is 3. The van der Waals surface area contributed by atoms with Crippen LogP contribution in [0.2, 0.25) is 5.02 Å². The zero-order chi connectivity index (χ0) is 18.4. The van der Waals surface area contributed by atoms with E-state index >= 15 is 0 Å². The summed E-state index contributed by atoms with van der Waals surface area (Å²) < 4.78 is 13.8. The average Bonchev–Trinajstić information content (AvgIpc) is 3.37. The van der Waals surface area contributed by atoms with Crippen LogP contribution in [0.25, 0.3) is 0 Å². The van der Waals surface area contributed by atoms with E-state index in [4.69, 9.17) is 11.6 Å². The smallest absolute Gasteiger partial charge is 0.325 e. The van der Waals surface area contributed by atoms with E-state index in [-0.39, 0.29) is 35.5 Å². The van der Waals surface area contributed by atoms with Crippen molar-refractivity contribution in [3.63, 3.8) is 0 Å². The molecule has 25 heavy (non-hydrogen) atoms. The molecule has 1 N–H and O–H groups in total. The second kappa shape index (κ2) is 6.29. The van der Waals surface area contributed by atoms with E-state index in [1.807, 2.05) is 0 Å². The third-order valence-corrected chi connectivity index (χ3v) is 5.23. The standard InChI is InChI=1S/C17H19ClFN3O3/c1-17(10-6-7-10)15(24)22(16(25)20-17)9-14(23)21(2)8-11-12(18)4-3-5-13(11)19/h3-5,10H,6-9H2,1-2H3,(H,20,25)/t17-/m0/s1. The third-order valence-electron chi connectivity index (χ3n) is 4.87. The van der Waals surface area contributed by atoms with Gasteiger partial charge in [-0.05, 0) is 37.8 Å². The molecule has 2 fully saturated rings. The molecular weight excluding hydrogens is 349 g/mol. The normalized spacial score (nSPS) is 23.0. The molecular formula is C17H19ClFN3O3. The molecule has 0 aromatic heterocycles. The van der Waals surface area contributed by atoms with Gasteiger partial charge in [0.1, 0.15) is 17.9 Å². The van der Waals surface area contributed by atoms with Crippen LogP contribution in [0.3, 0.4) is 0 Å². The Labute approximate surface area is 149 Å². The first kappa shape index (κ1) is 17.7. The van der Waals surface area contributed by atoms with Gasteiger partial charge in [-0.2, -0.15) is 0 Å². The zero-order valence-corrected chi connectivity index (χ0v) is 14.8. The van der Waals surface area contributed by atoms with Gasteiger partial charge in [0.15, 0.2) is 0 Å². The fourth-order valence-electron chi connectivity index (χ4n) is 3.06. The molecule has 1 aliphatic carbocycles. The summed E-state index contributed by atoms with van der Waals surface area (Å²) in [4.78, 5) is 39.2. The van der Waals surface area contributed by atoms with Gasteiger partial charge in [0.2, 0.25) is 5.91 Å². The Morgan fingerprint density at radius 1 is 1.44 bits per heavy atom. The predicted molar refractivity (Wildman–Crippen MR) is 89.3 cm³/mol. The number of carbonyl (C=O) groups is 3. The highest BCUT2D eigenvalue weighted by molar-refractivity contribution is 6.31. The van der Waals surface area contributed by atoms with Crippen LogP contribution in [-0.4, -0.2) is 46.8 Å². The molecule has 1 aromatic carbocycles.